The molecule has 1 heterocycles. The molecular weight excluding hydrogens is 334 g/mol. The summed E-state index contributed by atoms with van der Waals surface area (Å²) in [6.45, 7) is 5.68. The lowest BCUT2D eigenvalue weighted by atomic mass is 9.95. The number of nitrogens with one attached hydrogen (secondary N) is 1. The van der Waals surface area contributed by atoms with Crippen LogP contribution in [0.25, 0.3) is 0 Å². The van der Waals surface area contributed by atoms with Gasteiger partial charge in [-0.3, -0.25) is 9.69 Å². The van der Waals surface area contributed by atoms with Gasteiger partial charge < -0.3 is 10.2 Å². The molecule has 1 saturated heterocycles. The molecule has 0 bridgehead atoms. The highest BCUT2D eigenvalue weighted by molar-refractivity contribution is 5.78. The van der Waals surface area contributed by atoms with Crippen LogP contribution in [0.4, 0.5) is 5.69 Å². The van der Waals surface area contributed by atoms with E-state index in [4.69, 9.17) is 0 Å². The number of carbonyl (C=O) groups excluding carboxylic acids is 1. The molecule has 2 aromatic carbocycles. The second-order valence-corrected chi connectivity index (χ2v) is 7.81. The Labute approximate surface area is 163 Å². The summed E-state index contributed by atoms with van der Waals surface area (Å²) < 4.78 is 0. The predicted molar refractivity (Wildman–Crippen MR) is 112 cm³/mol. The van der Waals surface area contributed by atoms with Crippen LogP contribution in [0.15, 0.2) is 48.5 Å². The fraction of sp³-hybridized carbons (Fsp3) is 0.435. The summed E-state index contributed by atoms with van der Waals surface area (Å²) in [5, 5.41) is 3.12. The monoisotopic (exact) mass is 365 g/mol. The molecule has 0 spiro atoms. The van der Waals surface area contributed by atoms with Crippen LogP contribution >= 0.6 is 0 Å². The van der Waals surface area contributed by atoms with Crippen molar-refractivity contribution in [3.8, 4) is 0 Å². The molecule has 0 unspecified atom stereocenters. The van der Waals surface area contributed by atoms with Crippen LogP contribution in [0, 0.1) is 12.8 Å². The minimum absolute atomic E-state index is 0.139. The molecule has 4 nitrogen and oxygen atoms in total. The first-order chi connectivity index (χ1) is 13.0. The van der Waals surface area contributed by atoms with E-state index in [2.05, 4.69) is 70.6 Å². The highest BCUT2D eigenvalue weighted by Crippen LogP contribution is 2.20. The van der Waals surface area contributed by atoms with Crippen LogP contribution in [0.1, 0.15) is 29.5 Å². The van der Waals surface area contributed by atoms with E-state index in [1.807, 2.05) is 14.1 Å². The minimum atomic E-state index is 0.139. The van der Waals surface area contributed by atoms with E-state index in [9.17, 15) is 4.79 Å². The molecule has 1 aliphatic rings. The number of carbonyl (C=O) groups is 1. The standard InChI is InChI=1S/C23H31N3O/c1-18-4-6-20(7-5-18)17-26-14-12-21(13-15-26)23(27)24-16-19-8-10-22(11-9-19)25(2)3/h4-11,21H,12-17H2,1-3H3,(H,24,27). The molecule has 0 aromatic heterocycles. The highest BCUT2D eigenvalue weighted by Gasteiger charge is 2.24. The molecule has 0 atom stereocenters. The van der Waals surface area contributed by atoms with Gasteiger partial charge in [-0.2, -0.15) is 0 Å². The third-order valence-corrected chi connectivity index (χ3v) is 5.40. The van der Waals surface area contributed by atoms with Crippen molar-refractivity contribution in [2.24, 2.45) is 5.92 Å². The largest absolute Gasteiger partial charge is 0.378 e. The Morgan fingerprint density at radius 3 is 2.19 bits per heavy atom. The topological polar surface area (TPSA) is 35.6 Å². The number of hydrogen-bond donors (Lipinski definition) is 1. The quantitative estimate of drug-likeness (QED) is 0.850. The lowest BCUT2D eigenvalue weighted by molar-refractivity contribution is -0.126. The highest BCUT2D eigenvalue weighted by atomic mass is 16.1. The molecule has 1 aliphatic heterocycles. The lowest BCUT2D eigenvalue weighted by Gasteiger charge is -2.31. The smallest absolute Gasteiger partial charge is 0.223 e. The third kappa shape index (κ3) is 5.57. The van der Waals surface area contributed by atoms with Crippen LogP contribution in [-0.2, 0) is 17.9 Å². The Kier molecular flexibility index (Phi) is 6.51. The summed E-state index contributed by atoms with van der Waals surface area (Å²) >= 11 is 0. The number of hydrogen-bond acceptors (Lipinski definition) is 3. The van der Waals surface area contributed by atoms with Gasteiger partial charge in [-0.05, 0) is 56.1 Å². The average Bonchev–Trinajstić information content (AvgIpc) is 2.69. The zero-order valence-corrected chi connectivity index (χ0v) is 16.7. The van der Waals surface area contributed by atoms with Crippen molar-refractivity contribution in [3.05, 3.63) is 65.2 Å². The first kappa shape index (κ1) is 19.4. The van der Waals surface area contributed by atoms with Crippen molar-refractivity contribution >= 4 is 11.6 Å². The molecule has 4 heteroatoms. The number of rotatable bonds is 6. The van der Waals surface area contributed by atoms with E-state index in [0.29, 0.717) is 6.54 Å². The number of benzene rings is 2. The van der Waals surface area contributed by atoms with Gasteiger partial charge in [0, 0.05) is 38.8 Å². The number of likely N-dealkylation sites (tertiary alicyclic amines) is 1. The van der Waals surface area contributed by atoms with Gasteiger partial charge in [0.25, 0.3) is 0 Å². The molecule has 0 radical (unpaired) electrons. The second kappa shape index (κ2) is 9.05. The van der Waals surface area contributed by atoms with Crippen LogP contribution in [0.5, 0.6) is 0 Å². The number of piperidine rings is 1. The number of anilines is 1. The van der Waals surface area contributed by atoms with Gasteiger partial charge in [-0.15, -0.1) is 0 Å². The summed E-state index contributed by atoms with van der Waals surface area (Å²) in [6.07, 6.45) is 1.88. The molecular formula is C23H31N3O. The first-order valence-electron chi connectivity index (χ1n) is 9.83. The second-order valence-electron chi connectivity index (χ2n) is 7.81. The molecule has 0 aliphatic carbocycles. The summed E-state index contributed by atoms with van der Waals surface area (Å²) in [5.74, 6) is 0.335. The van der Waals surface area contributed by atoms with Crippen molar-refractivity contribution in [1.82, 2.24) is 10.2 Å². The van der Waals surface area contributed by atoms with Crippen molar-refractivity contribution in [3.63, 3.8) is 0 Å². The maximum Gasteiger partial charge on any atom is 0.223 e. The summed E-state index contributed by atoms with van der Waals surface area (Å²) in [6, 6.07) is 17.1. The molecule has 2 aromatic rings. The number of aryl methyl sites for hydroxylation is 1. The van der Waals surface area contributed by atoms with Gasteiger partial charge in [-0.25, -0.2) is 0 Å². The Morgan fingerprint density at radius 1 is 1.00 bits per heavy atom. The Balaban J connectivity index is 1.42. The third-order valence-electron chi connectivity index (χ3n) is 5.40. The van der Waals surface area contributed by atoms with Crippen molar-refractivity contribution in [1.29, 1.82) is 0 Å². The Bertz CT molecular complexity index is 729. The molecule has 0 saturated carbocycles. The molecule has 1 fully saturated rings. The predicted octanol–water partition coefficient (Wildman–Crippen LogP) is 3.59. The van der Waals surface area contributed by atoms with Crippen molar-refractivity contribution in [2.45, 2.75) is 32.9 Å². The van der Waals surface area contributed by atoms with Crippen LogP contribution in [0.3, 0.4) is 0 Å². The Morgan fingerprint density at radius 2 is 1.59 bits per heavy atom. The normalized spacial score (nSPS) is 15.5. The molecule has 1 amide bonds. The zero-order valence-electron chi connectivity index (χ0n) is 16.7. The maximum absolute atomic E-state index is 12.5. The zero-order chi connectivity index (χ0) is 19.2. The fourth-order valence-corrected chi connectivity index (χ4v) is 3.55. The van der Waals surface area contributed by atoms with Gasteiger partial charge >= 0.3 is 0 Å². The van der Waals surface area contributed by atoms with E-state index in [-0.39, 0.29) is 11.8 Å². The van der Waals surface area contributed by atoms with Gasteiger partial charge in [0.15, 0.2) is 0 Å². The molecule has 3 rings (SSSR count). The first-order valence-corrected chi connectivity index (χ1v) is 9.83. The van der Waals surface area contributed by atoms with E-state index < -0.39 is 0 Å². The van der Waals surface area contributed by atoms with E-state index in [0.717, 1.165) is 38.0 Å². The van der Waals surface area contributed by atoms with Gasteiger partial charge in [-0.1, -0.05) is 42.0 Å². The fourth-order valence-electron chi connectivity index (χ4n) is 3.55. The molecule has 27 heavy (non-hydrogen) atoms. The summed E-state index contributed by atoms with van der Waals surface area (Å²) in [7, 11) is 4.06. The lowest BCUT2D eigenvalue weighted by Crippen LogP contribution is -2.40. The van der Waals surface area contributed by atoms with Crippen LogP contribution in [-0.4, -0.2) is 38.0 Å². The number of nitrogens with zero attached hydrogens (tertiary/aromatic N) is 2. The SMILES string of the molecule is Cc1ccc(CN2CCC(C(=O)NCc3ccc(N(C)C)cc3)CC2)cc1. The number of amides is 1. The van der Waals surface area contributed by atoms with Crippen molar-refractivity contribution in [2.75, 3.05) is 32.1 Å². The van der Waals surface area contributed by atoms with Gasteiger partial charge in [0.1, 0.15) is 0 Å². The van der Waals surface area contributed by atoms with Crippen LogP contribution < -0.4 is 10.2 Å². The van der Waals surface area contributed by atoms with E-state index in [1.165, 1.54) is 16.8 Å². The summed E-state index contributed by atoms with van der Waals surface area (Å²) in [5.41, 5.74) is 4.96. The Hall–Kier alpha value is -2.33. The molecule has 144 valence electrons. The van der Waals surface area contributed by atoms with Crippen molar-refractivity contribution < 1.29 is 4.79 Å². The minimum Gasteiger partial charge on any atom is -0.378 e. The van der Waals surface area contributed by atoms with Gasteiger partial charge in [0.05, 0.1) is 0 Å². The van der Waals surface area contributed by atoms with E-state index in [1.54, 1.807) is 0 Å². The molecule has 1 N–H and O–H groups in total. The van der Waals surface area contributed by atoms with Gasteiger partial charge in [0.2, 0.25) is 5.91 Å². The summed E-state index contributed by atoms with van der Waals surface area (Å²) in [4.78, 5) is 17.0. The maximum atomic E-state index is 12.5. The van der Waals surface area contributed by atoms with E-state index >= 15 is 0 Å². The average molecular weight is 366 g/mol. The van der Waals surface area contributed by atoms with Crippen LogP contribution in [0.2, 0.25) is 0 Å².